The Labute approximate surface area is 177 Å². The molecular weight excluding hydrogens is 386 g/mol. The van der Waals surface area contributed by atoms with Crippen LogP contribution in [0.5, 0.6) is 0 Å². The summed E-state index contributed by atoms with van der Waals surface area (Å²) in [7, 11) is 0. The number of nitrogens with zero attached hydrogens (tertiary/aromatic N) is 2. The van der Waals surface area contributed by atoms with Gasteiger partial charge >= 0.3 is 0 Å². The molecule has 29 heavy (non-hydrogen) atoms. The number of likely N-dealkylation sites (N-methyl/N-ethyl adjacent to an activating group) is 1. The molecule has 1 heterocycles. The lowest BCUT2D eigenvalue weighted by molar-refractivity contribution is -0.117. The molecule has 6 heteroatoms. The van der Waals surface area contributed by atoms with Crippen molar-refractivity contribution in [2.24, 2.45) is 0 Å². The smallest absolute Gasteiger partial charge is 0.251 e. The van der Waals surface area contributed by atoms with E-state index in [1.807, 2.05) is 36.4 Å². The van der Waals surface area contributed by atoms with Gasteiger partial charge in [-0.1, -0.05) is 43.6 Å². The van der Waals surface area contributed by atoms with E-state index in [9.17, 15) is 9.59 Å². The van der Waals surface area contributed by atoms with Gasteiger partial charge in [-0.25, -0.2) is 0 Å². The highest BCUT2D eigenvalue weighted by Gasteiger charge is 2.23. The molecular formula is C23H28ClN3O2. The average molecular weight is 414 g/mol. The Morgan fingerprint density at radius 3 is 2.41 bits per heavy atom. The van der Waals surface area contributed by atoms with Crippen LogP contribution >= 0.6 is 11.6 Å². The van der Waals surface area contributed by atoms with Gasteiger partial charge in [0.25, 0.3) is 5.91 Å². The lowest BCUT2D eigenvalue weighted by Crippen LogP contribution is -2.38. The summed E-state index contributed by atoms with van der Waals surface area (Å²) in [5.41, 5.74) is 2.44. The van der Waals surface area contributed by atoms with E-state index in [2.05, 4.69) is 24.1 Å². The molecule has 2 aromatic carbocycles. The van der Waals surface area contributed by atoms with E-state index in [1.54, 1.807) is 17.0 Å². The van der Waals surface area contributed by atoms with Crippen molar-refractivity contribution in [2.45, 2.75) is 32.7 Å². The van der Waals surface area contributed by atoms with Crippen LogP contribution in [0.4, 0.5) is 5.69 Å². The molecule has 1 fully saturated rings. The number of anilines is 1. The van der Waals surface area contributed by atoms with Gasteiger partial charge in [0.05, 0.1) is 6.04 Å². The topological polar surface area (TPSA) is 52.7 Å². The van der Waals surface area contributed by atoms with Crippen LogP contribution in [0.2, 0.25) is 5.02 Å². The Kier molecular flexibility index (Phi) is 7.29. The molecule has 0 unspecified atom stereocenters. The molecule has 0 saturated carbocycles. The molecule has 154 valence electrons. The molecule has 0 bridgehead atoms. The number of halogens is 1. The molecule has 1 aliphatic heterocycles. The summed E-state index contributed by atoms with van der Waals surface area (Å²) in [5, 5.41) is 3.76. The molecule has 1 N–H and O–H groups in total. The number of benzene rings is 2. The van der Waals surface area contributed by atoms with Crippen molar-refractivity contribution in [2.75, 3.05) is 31.1 Å². The standard InChI is InChI=1S/C23H28ClN3O2/c1-3-26(4-2)21(19-8-5-6-9-20(19)24)16-25-23(29)17-11-13-18(14-12-17)27-15-7-10-22(27)28/h5-6,8-9,11-14,21H,3-4,7,10,15-16H2,1-2H3,(H,25,29)/t21-/m1/s1. The van der Waals surface area contributed by atoms with E-state index in [4.69, 9.17) is 11.6 Å². The molecule has 1 saturated heterocycles. The maximum Gasteiger partial charge on any atom is 0.251 e. The van der Waals surface area contributed by atoms with Gasteiger partial charge in [-0.3, -0.25) is 14.5 Å². The maximum atomic E-state index is 12.7. The highest BCUT2D eigenvalue weighted by molar-refractivity contribution is 6.31. The predicted molar refractivity (Wildman–Crippen MR) is 117 cm³/mol. The van der Waals surface area contributed by atoms with Gasteiger partial charge in [0.15, 0.2) is 0 Å². The van der Waals surface area contributed by atoms with Gasteiger partial charge in [0.1, 0.15) is 0 Å². The first-order chi connectivity index (χ1) is 14.0. The lowest BCUT2D eigenvalue weighted by Gasteiger charge is -2.31. The van der Waals surface area contributed by atoms with E-state index < -0.39 is 0 Å². The molecule has 2 amide bonds. The van der Waals surface area contributed by atoms with Crippen LogP contribution in [0.15, 0.2) is 48.5 Å². The summed E-state index contributed by atoms with van der Waals surface area (Å²) < 4.78 is 0. The minimum absolute atomic E-state index is 0.00384. The fraction of sp³-hybridized carbons (Fsp3) is 0.391. The number of nitrogens with one attached hydrogen (secondary N) is 1. The van der Waals surface area contributed by atoms with Crippen LogP contribution in [0.3, 0.4) is 0 Å². The number of rotatable bonds is 8. The van der Waals surface area contributed by atoms with E-state index in [0.717, 1.165) is 37.3 Å². The molecule has 2 aromatic rings. The fourth-order valence-electron chi connectivity index (χ4n) is 3.85. The van der Waals surface area contributed by atoms with Crippen LogP contribution in [-0.4, -0.2) is 42.9 Å². The zero-order valence-corrected chi connectivity index (χ0v) is 17.8. The van der Waals surface area contributed by atoms with E-state index in [0.29, 0.717) is 23.6 Å². The Bertz CT molecular complexity index is 849. The summed E-state index contributed by atoms with van der Waals surface area (Å²) in [5.74, 6) is 0.0116. The van der Waals surface area contributed by atoms with Crippen molar-refractivity contribution in [1.82, 2.24) is 10.2 Å². The Morgan fingerprint density at radius 2 is 1.83 bits per heavy atom. The monoisotopic (exact) mass is 413 g/mol. The zero-order chi connectivity index (χ0) is 20.8. The molecule has 0 spiro atoms. The van der Waals surface area contributed by atoms with Gasteiger partial charge < -0.3 is 10.2 Å². The van der Waals surface area contributed by atoms with Gasteiger partial charge in [0.2, 0.25) is 5.91 Å². The quantitative estimate of drug-likeness (QED) is 0.702. The highest BCUT2D eigenvalue weighted by Crippen LogP contribution is 2.27. The van der Waals surface area contributed by atoms with Crippen LogP contribution in [0.25, 0.3) is 0 Å². The number of hydrogen-bond donors (Lipinski definition) is 1. The third kappa shape index (κ3) is 4.98. The summed E-state index contributed by atoms with van der Waals surface area (Å²) in [4.78, 5) is 28.7. The summed E-state index contributed by atoms with van der Waals surface area (Å²) >= 11 is 6.43. The second kappa shape index (κ2) is 9.90. The first kappa shape index (κ1) is 21.3. The number of carbonyl (C=O) groups excluding carboxylic acids is 2. The minimum atomic E-state index is -0.131. The summed E-state index contributed by atoms with van der Waals surface area (Å²) in [6.07, 6.45) is 1.48. The number of hydrogen-bond acceptors (Lipinski definition) is 3. The average Bonchev–Trinajstić information content (AvgIpc) is 3.17. The Morgan fingerprint density at radius 1 is 1.14 bits per heavy atom. The number of amides is 2. The largest absolute Gasteiger partial charge is 0.350 e. The second-order valence-electron chi connectivity index (χ2n) is 7.16. The highest BCUT2D eigenvalue weighted by atomic mass is 35.5. The van der Waals surface area contributed by atoms with E-state index in [1.165, 1.54) is 0 Å². The molecule has 1 atom stereocenters. The molecule has 0 radical (unpaired) electrons. The van der Waals surface area contributed by atoms with Gasteiger partial charge in [-0.2, -0.15) is 0 Å². The van der Waals surface area contributed by atoms with Crippen molar-refractivity contribution in [1.29, 1.82) is 0 Å². The van der Waals surface area contributed by atoms with Gasteiger partial charge in [-0.15, -0.1) is 0 Å². The molecule has 0 aromatic heterocycles. The van der Waals surface area contributed by atoms with E-state index in [-0.39, 0.29) is 17.9 Å². The Hall–Kier alpha value is -2.37. The molecule has 1 aliphatic rings. The third-order valence-electron chi connectivity index (χ3n) is 5.49. The molecule has 5 nitrogen and oxygen atoms in total. The fourth-order valence-corrected chi connectivity index (χ4v) is 4.11. The van der Waals surface area contributed by atoms with Gasteiger partial charge in [-0.05, 0) is 55.4 Å². The van der Waals surface area contributed by atoms with Crippen molar-refractivity contribution in [3.8, 4) is 0 Å². The SMILES string of the molecule is CCN(CC)[C@H](CNC(=O)c1ccc(N2CCCC2=O)cc1)c1ccccc1Cl. The molecule has 3 rings (SSSR count). The van der Waals surface area contributed by atoms with Crippen LogP contribution in [-0.2, 0) is 4.79 Å². The molecule has 0 aliphatic carbocycles. The van der Waals surface area contributed by atoms with Crippen molar-refractivity contribution >= 4 is 29.1 Å². The Balaban J connectivity index is 1.69. The van der Waals surface area contributed by atoms with Crippen LogP contribution < -0.4 is 10.2 Å². The lowest BCUT2D eigenvalue weighted by atomic mass is 10.0. The summed E-state index contributed by atoms with van der Waals surface area (Å²) in [6, 6.07) is 15.0. The zero-order valence-electron chi connectivity index (χ0n) is 17.0. The summed E-state index contributed by atoms with van der Waals surface area (Å²) in [6.45, 7) is 7.15. The first-order valence-corrected chi connectivity index (χ1v) is 10.6. The first-order valence-electron chi connectivity index (χ1n) is 10.2. The maximum absolute atomic E-state index is 12.7. The normalized spacial score (nSPS) is 15.0. The third-order valence-corrected chi connectivity index (χ3v) is 5.83. The number of carbonyl (C=O) groups is 2. The van der Waals surface area contributed by atoms with E-state index >= 15 is 0 Å². The van der Waals surface area contributed by atoms with Crippen molar-refractivity contribution < 1.29 is 9.59 Å². The van der Waals surface area contributed by atoms with Crippen LogP contribution in [0.1, 0.15) is 48.7 Å². The van der Waals surface area contributed by atoms with Crippen molar-refractivity contribution in [3.05, 3.63) is 64.7 Å². The van der Waals surface area contributed by atoms with Crippen molar-refractivity contribution in [3.63, 3.8) is 0 Å². The minimum Gasteiger partial charge on any atom is -0.350 e. The van der Waals surface area contributed by atoms with Gasteiger partial charge in [0, 0.05) is 35.8 Å². The second-order valence-corrected chi connectivity index (χ2v) is 7.57. The van der Waals surface area contributed by atoms with Crippen LogP contribution in [0, 0.1) is 0 Å². The predicted octanol–water partition coefficient (Wildman–Crippen LogP) is 4.28.